The zero-order valence-corrected chi connectivity index (χ0v) is 17.7. The van der Waals surface area contributed by atoms with Crippen LogP contribution in [0.3, 0.4) is 0 Å². The standard InChI is InChI=1S/2C9H18O2.Mg/c2*1-7(2)5-9(3,4)6-8(10)11;/h2*7H,5-6H2,1-4H3,(H,10,11);/q;;+2/p-2. The van der Waals surface area contributed by atoms with Crippen molar-refractivity contribution in [3.05, 3.63) is 0 Å². The fraction of sp³-hybridized carbons (Fsp3) is 0.889. The monoisotopic (exact) mass is 338 g/mol. The molecule has 0 saturated carbocycles. The van der Waals surface area contributed by atoms with Crippen molar-refractivity contribution in [3.63, 3.8) is 0 Å². The van der Waals surface area contributed by atoms with Gasteiger partial charge in [-0.2, -0.15) is 0 Å². The number of carbonyl (C=O) groups excluding carboxylic acids is 2. The van der Waals surface area contributed by atoms with Gasteiger partial charge in [-0.3, -0.25) is 0 Å². The van der Waals surface area contributed by atoms with E-state index in [0.29, 0.717) is 11.8 Å². The minimum Gasteiger partial charge on any atom is -0.550 e. The molecule has 0 unspecified atom stereocenters. The number of aliphatic carboxylic acids is 2. The SMILES string of the molecule is CC(C)CC(C)(C)CC(=O)[O-].CC(C)CC(C)(C)CC(=O)[O-].[Mg+2]. The molecule has 132 valence electrons. The Bertz CT molecular complexity index is 313. The van der Waals surface area contributed by atoms with Crippen LogP contribution in [0, 0.1) is 22.7 Å². The molecule has 0 radical (unpaired) electrons. The molecule has 0 saturated heterocycles. The second-order valence-electron chi connectivity index (χ2n) is 8.62. The van der Waals surface area contributed by atoms with Gasteiger partial charge in [-0.05, 0) is 48.3 Å². The van der Waals surface area contributed by atoms with E-state index >= 15 is 0 Å². The van der Waals surface area contributed by atoms with Crippen LogP contribution in [-0.2, 0) is 9.59 Å². The van der Waals surface area contributed by atoms with Crippen LogP contribution in [0.2, 0.25) is 0 Å². The molecule has 5 heteroatoms. The topological polar surface area (TPSA) is 80.3 Å². The zero-order valence-electron chi connectivity index (χ0n) is 16.3. The van der Waals surface area contributed by atoms with Crippen LogP contribution in [0.4, 0.5) is 0 Å². The molecule has 0 aromatic rings. The van der Waals surface area contributed by atoms with E-state index < -0.39 is 11.9 Å². The number of rotatable bonds is 8. The Hall–Kier alpha value is -0.294. The summed E-state index contributed by atoms with van der Waals surface area (Å²) < 4.78 is 0. The fourth-order valence-corrected chi connectivity index (χ4v) is 3.14. The predicted molar refractivity (Wildman–Crippen MR) is 91.5 cm³/mol. The molecule has 23 heavy (non-hydrogen) atoms. The summed E-state index contributed by atoms with van der Waals surface area (Å²) in [5.41, 5.74) is -0.236. The zero-order chi connectivity index (χ0) is 18.1. The Morgan fingerprint density at radius 3 is 1.09 bits per heavy atom. The van der Waals surface area contributed by atoms with Gasteiger partial charge < -0.3 is 19.8 Å². The summed E-state index contributed by atoms with van der Waals surface area (Å²) in [4.78, 5) is 20.6. The second kappa shape index (κ2) is 12.1. The first-order valence-electron chi connectivity index (χ1n) is 8.06. The van der Waals surface area contributed by atoms with Crippen molar-refractivity contribution in [1.82, 2.24) is 0 Å². The molecule has 0 aromatic carbocycles. The molecule has 0 aliphatic heterocycles. The molecule has 0 rings (SSSR count). The molecule has 0 atom stereocenters. The molecule has 0 heterocycles. The smallest absolute Gasteiger partial charge is 0.550 e. The maximum atomic E-state index is 10.3. The van der Waals surface area contributed by atoms with Crippen molar-refractivity contribution in [3.8, 4) is 0 Å². The van der Waals surface area contributed by atoms with Crippen molar-refractivity contribution < 1.29 is 19.8 Å². The Labute approximate surface area is 158 Å². The van der Waals surface area contributed by atoms with Gasteiger partial charge in [0.1, 0.15) is 0 Å². The summed E-state index contributed by atoms with van der Waals surface area (Å²) in [6.45, 7) is 16.2. The molecule has 0 aliphatic carbocycles. The van der Waals surface area contributed by atoms with Gasteiger partial charge in [0, 0.05) is 11.9 Å². The summed E-state index contributed by atoms with van der Waals surface area (Å²) in [5, 5.41) is 20.6. The first-order valence-corrected chi connectivity index (χ1v) is 8.06. The third-order valence-electron chi connectivity index (χ3n) is 3.17. The maximum Gasteiger partial charge on any atom is 2.00 e. The molecule has 4 nitrogen and oxygen atoms in total. The average Bonchev–Trinajstić information content (AvgIpc) is 2.06. The van der Waals surface area contributed by atoms with Gasteiger partial charge in [0.2, 0.25) is 0 Å². The van der Waals surface area contributed by atoms with E-state index in [1.807, 2.05) is 27.7 Å². The van der Waals surface area contributed by atoms with Crippen LogP contribution in [0.5, 0.6) is 0 Å². The van der Waals surface area contributed by atoms with E-state index in [1.54, 1.807) is 0 Å². The van der Waals surface area contributed by atoms with Gasteiger partial charge in [-0.15, -0.1) is 0 Å². The first-order chi connectivity index (χ1) is 9.67. The Morgan fingerprint density at radius 1 is 0.739 bits per heavy atom. The van der Waals surface area contributed by atoms with Gasteiger partial charge in [0.05, 0.1) is 0 Å². The van der Waals surface area contributed by atoms with Gasteiger partial charge in [0.25, 0.3) is 0 Å². The molecule has 0 fully saturated rings. The first kappa shape index (κ1) is 27.5. The fourth-order valence-electron chi connectivity index (χ4n) is 3.14. The summed E-state index contributed by atoms with van der Waals surface area (Å²) in [5.74, 6) is -0.806. The number of hydrogen-bond donors (Lipinski definition) is 0. The summed E-state index contributed by atoms with van der Waals surface area (Å²) in [6, 6.07) is 0. The predicted octanol–water partition coefficient (Wildman–Crippen LogP) is 2.02. The number of carboxylic acids is 2. The Balaban J connectivity index is -0.000000333. The van der Waals surface area contributed by atoms with Crippen LogP contribution in [0.25, 0.3) is 0 Å². The molecule has 0 aromatic heterocycles. The normalized spacial score (nSPS) is 11.6. The molecular formula is C18H34MgO4. The van der Waals surface area contributed by atoms with Crippen LogP contribution in [-0.4, -0.2) is 35.0 Å². The third kappa shape index (κ3) is 21.7. The number of hydrogen-bond acceptors (Lipinski definition) is 4. The molecule has 0 amide bonds. The van der Waals surface area contributed by atoms with Crippen LogP contribution >= 0.6 is 0 Å². The summed E-state index contributed by atoms with van der Waals surface area (Å²) in [7, 11) is 0. The molecule has 0 spiro atoms. The quantitative estimate of drug-likeness (QED) is 0.634. The van der Waals surface area contributed by atoms with Crippen molar-refractivity contribution in [2.24, 2.45) is 22.7 Å². The van der Waals surface area contributed by atoms with E-state index in [0.717, 1.165) is 12.8 Å². The minimum atomic E-state index is -0.948. The summed E-state index contributed by atoms with van der Waals surface area (Å²) >= 11 is 0. The maximum absolute atomic E-state index is 10.3. The van der Waals surface area contributed by atoms with Crippen molar-refractivity contribution >= 4 is 35.0 Å². The van der Waals surface area contributed by atoms with E-state index in [2.05, 4.69) is 27.7 Å². The van der Waals surface area contributed by atoms with E-state index in [1.165, 1.54) is 0 Å². The third-order valence-corrected chi connectivity index (χ3v) is 3.17. The van der Waals surface area contributed by atoms with Crippen LogP contribution in [0.1, 0.15) is 81.1 Å². The van der Waals surface area contributed by atoms with Crippen LogP contribution < -0.4 is 10.2 Å². The number of carboxylic acid groups (broad SMARTS) is 2. The Kier molecular flexibility index (Phi) is 14.5. The van der Waals surface area contributed by atoms with Crippen LogP contribution in [0.15, 0.2) is 0 Å². The van der Waals surface area contributed by atoms with Gasteiger partial charge in [-0.1, -0.05) is 55.4 Å². The van der Waals surface area contributed by atoms with E-state index in [-0.39, 0.29) is 46.7 Å². The van der Waals surface area contributed by atoms with Crippen molar-refractivity contribution in [1.29, 1.82) is 0 Å². The van der Waals surface area contributed by atoms with Crippen molar-refractivity contribution in [2.45, 2.75) is 81.1 Å². The van der Waals surface area contributed by atoms with Gasteiger partial charge in [0.15, 0.2) is 0 Å². The van der Waals surface area contributed by atoms with Gasteiger partial charge in [-0.25, -0.2) is 0 Å². The largest absolute Gasteiger partial charge is 2.00 e. The van der Waals surface area contributed by atoms with E-state index in [9.17, 15) is 19.8 Å². The average molecular weight is 339 g/mol. The Morgan fingerprint density at radius 2 is 0.957 bits per heavy atom. The number of carbonyl (C=O) groups is 2. The second-order valence-corrected chi connectivity index (χ2v) is 8.62. The molecule has 0 N–H and O–H groups in total. The minimum absolute atomic E-state index is 0. The molecule has 0 bridgehead atoms. The summed E-state index contributed by atoms with van der Waals surface area (Å²) in [6.07, 6.45) is 2.18. The molecule has 0 aliphatic rings. The van der Waals surface area contributed by atoms with E-state index in [4.69, 9.17) is 0 Å². The van der Waals surface area contributed by atoms with Crippen molar-refractivity contribution in [2.75, 3.05) is 0 Å². The van der Waals surface area contributed by atoms with Gasteiger partial charge >= 0.3 is 23.1 Å². The molecular weight excluding hydrogens is 304 g/mol.